The van der Waals surface area contributed by atoms with E-state index >= 15 is 0 Å². The quantitative estimate of drug-likeness (QED) is 0.230. The van der Waals surface area contributed by atoms with Gasteiger partial charge in [0.2, 0.25) is 0 Å². The van der Waals surface area contributed by atoms with Crippen LogP contribution in [0.4, 0.5) is 0 Å². The first-order chi connectivity index (χ1) is 15.8. The van der Waals surface area contributed by atoms with Gasteiger partial charge in [-0.05, 0) is 46.5 Å². The summed E-state index contributed by atoms with van der Waals surface area (Å²) < 4.78 is 0. The number of nitrogens with zero attached hydrogens (tertiary/aromatic N) is 2. The smallest absolute Gasteiger partial charge is 0.0991 e. The van der Waals surface area contributed by atoms with Gasteiger partial charge < -0.3 is 0 Å². The Balaban J connectivity index is 0.000000321. The molecular formula is C30H24Br2N2. The highest BCUT2D eigenvalue weighted by Crippen LogP contribution is 2.10. The molecule has 0 radical (unpaired) electrons. The summed E-state index contributed by atoms with van der Waals surface area (Å²) in [5, 5.41) is 17.3. The maximum absolute atomic E-state index is 8.67. The molecule has 4 aromatic rings. The van der Waals surface area contributed by atoms with Crippen LogP contribution in [0.3, 0.4) is 0 Å². The van der Waals surface area contributed by atoms with Gasteiger partial charge in [-0.2, -0.15) is 10.5 Å². The first kappa shape index (κ1) is 28.3. The van der Waals surface area contributed by atoms with Crippen molar-refractivity contribution in [3.8, 4) is 12.1 Å². The topological polar surface area (TPSA) is 47.6 Å². The van der Waals surface area contributed by atoms with Crippen LogP contribution >= 0.6 is 34.0 Å². The Kier molecular flexibility index (Phi) is 13.3. The van der Waals surface area contributed by atoms with Crippen molar-refractivity contribution in [2.24, 2.45) is 0 Å². The van der Waals surface area contributed by atoms with Crippen molar-refractivity contribution in [3.05, 3.63) is 143 Å². The second-order valence-corrected chi connectivity index (χ2v) is 6.96. The molecule has 0 fully saturated rings. The van der Waals surface area contributed by atoms with Crippen molar-refractivity contribution in [2.75, 3.05) is 0 Å². The maximum Gasteiger partial charge on any atom is 0.0991 e. The number of nitriles is 2. The normalized spacial score (nSPS) is 9.59. The molecule has 4 heteroatoms. The number of halogens is 2. The molecule has 0 bridgehead atoms. The second-order valence-electron chi connectivity index (χ2n) is 6.96. The van der Waals surface area contributed by atoms with E-state index in [0.29, 0.717) is 11.1 Å². The van der Waals surface area contributed by atoms with E-state index in [1.165, 1.54) is 11.1 Å². The van der Waals surface area contributed by atoms with E-state index in [-0.39, 0.29) is 34.0 Å². The molecule has 0 aliphatic rings. The van der Waals surface area contributed by atoms with E-state index in [0.717, 1.165) is 11.1 Å². The minimum absolute atomic E-state index is 0. The number of hydrogen-bond donors (Lipinski definition) is 0. The van der Waals surface area contributed by atoms with E-state index in [1.54, 1.807) is 0 Å². The lowest BCUT2D eigenvalue weighted by Gasteiger charge is -1.94. The Morgan fingerprint density at radius 1 is 0.382 bits per heavy atom. The Morgan fingerprint density at radius 3 is 0.912 bits per heavy atom. The zero-order chi connectivity index (χ0) is 22.4. The average Bonchev–Trinajstić information content (AvgIpc) is 2.88. The van der Waals surface area contributed by atoms with Gasteiger partial charge in [-0.15, -0.1) is 34.0 Å². The Hall–Kier alpha value is -3.70. The summed E-state index contributed by atoms with van der Waals surface area (Å²) in [4.78, 5) is 0. The monoisotopic (exact) mass is 570 g/mol. The molecule has 0 unspecified atom stereocenters. The number of hydrogen-bond acceptors (Lipinski definition) is 2. The molecule has 0 atom stereocenters. The molecule has 4 rings (SSSR count). The molecule has 168 valence electrons. The molecular weight excluding hydrogens is 548 g/mol. The minimum Gasteiger partial charge on any atom is -0.192 e. The Morgan fingerprint density at radius 2 is 0.647 bits per heavy atom. The minimum atomic E-state index is 0. The van der Waals surface area contributed by atoms with Crippen LogP contribution in [0.1, 0.15) is 33.4 Å². The van der Waals surface area contributed by atoms with Gasteiger partial charge in [0.25, 0.3) is 0 Å². The molecule has 0 aliphatic carbocycles. The number of rotatable bonds is 4. The standard InChI is InChI=1S/2C15H11N.2BrH/c2*16-12-15-10-8-14(9-11-15)7-6-13-4-2-1-3-5-13;;/h2*1-11H;2*1H/b2*7-6+;;. The van der Waals surface area contributed by atoms with Crippen LogP contribution in [0.5, 0.6) is 0 Å². The molecule has 0 N–H and O–H groups in total. The van der Waals surface area contributed by atoms with Gasteiger partial charge in [0.05, 0.1) is 23.3 Å². The maximum atomic E-state index is 8.67. The van der Waals surface area contributed by atoms with Gasteiger partial charge in [-0.1, -0.05) is 109 Å². The third kappa shape index (κ3) is 9.84. The molecule has 2 nitrogen and oxygen atoms in total. The van der Waals surface area contributed by atoms with Crippen molar-refractivity contribution in [3.63, 3.8) is 0 Å². The molecule has 0 spiro atoms. The van der Waals surface area contributed by atoms with E-state index in [1.807, 2.05) is 97.1 Å². The lowest BCUT2D eigenvalue weighted by Crippen LogP contribution is -1.75. The first-order valence-electron chi connectivity index (χ1n) is 10.2. The highest BCUT2D eigenvalue weighted by Gasteiger charge is 1.91. The molecule has 4 aromatic carbocycles. The Labute approximate surface area is 222 Å². The summed E-state index contributed by atoms with van der Waals surface area (Å²) in [6.45, 7) is 0. The van der Waals surface area contributed by atoms with Crippen molar-refractivity contribution >= 4 is 58.3 Å². The van der Waals surface area contributed by atoms with Crippen LogP contribution in [0.25, 0.3) is 24.3 Å². The van der Waals surface area contributed by atoms with Gasteiger partial charge >= 0.3 is 0 Å². The summed E-state index contributed by atoms with van der Waals surface area (Å²) in [6, 6.07) is 39.5. The van der Waals surface area contributed by atoms with Crippen LogP contribution in [-0.4, -0.2) is 0 Å². The van der Waals surface area contributed by atoms with Gasteiger partial charge in [0, 0.05) is 0 Å². The second kappa shape index (κ2) is 16.0. The lowest BCUT2D eigenvalue weighted by molar-refractivity contribution is 1.48. The molecule has 0 amide bonds. The van der Waals surface area contributed by atoms with Crippen molar-refractivity contribution in [1.82, 2.24) is 0 Å². The highest BCUT2D eigenvalue weighted by atomic mass is 79.9. The summed E-state index contributed by atoms with van der Waals surface area (Å²) >= 11 is 0. The molecule has 0 saturated carbocycles. The third-order valence-electron chi connectivity index (χ3n) is 4.62. The van der Waals surface area contributed by atoms with Crippen molar-refractivity contribution < 1.29 is 0 Å². The fraction of sp³-hybridized carbons (Fsp3) is 0. The van der Waals surface area contributed by atoms with E-state index in [2.05, 4.69) is 48.6 Å². The van der Waals surface area contributed by atoms with Crippen LogP contribution < -0.4 is 0 Å². The van der Waals surface area contributed by atoms with Crippen LogP contribution in [0, 0.1) is 22.7 Å². The Bertz CT molecular complexity index is 1150. The molecule has 0 aliphatic heterocycles. The van der Waals surface area contributed by atoms with E-state index in [9.17, 15) is 0 Å². The summed E-state index contributed by atoms with van der Waals surface area (Å²) in [6.07, 6.45) is 8.19. The predicted molar refractivity (Wildman–Crippen MR) is 154 cm³/mol. The van der Waals surface area contributed by atoms with Crippen LogP contribution in [-0.2, 0) is 0 Å². The van der Waals surface area contributed by atoms with Crippen molar-refractivity contribution in [1.29, 1.82) is 10.5 Å². The third-order valence-corrected chi connectivity index (χ3v) is 4.62. The molecule has 0 aromatic heterocycles. The van der Waals surface area contributed by atoms with Crippen LogP contribution in [0.2, 0.25) is 0 Å². The van der Waals surface area contributed by atoms with Crippen molar-refractivity contribution in [2.45, 2.75) is 0 Å². The lowest BCUT2D eigenvalue weighted by atomic mass is 10.1. The molecule has 0 saturated heterocycles. The van der Waals surface area contributed by atoms with Crippen LogP contribution in [0.15, 0.2) is 109 Å². The van der Waals surface area contributed by atoms with Gasteiger partial charge in [0.15, 0.2) is 0 Å². The fourth-order valence-corrected chi connectivity index (χ4v) is 2.85. The first-order valence-corrected chi connectivity index (χ1v) is 10.2. The van der Waals surface area contributed by atoms with Gasteiger partial charge in [-0.25, -0.2) is 0 Å². The zero-order valence-corrected chi connectivity index (χ0v) is 21.8. The predicted octanol–water partition coefficient (Wildman–Crippen LogP) is 8.61. The van der Waals surface area contributed by atoms with E-state index in [4.69, 9.17) is 10.5 Å². The highest BCUT2D eigenvalue weighted by molar-refractivity contribution is 8.93. The number of benzene rings is 4. The largest absolute Gasteiger partial charge is 0.192 e. The zero-order valence-electron chi connectivity index (χ0n) is 18.4. The fourth-order valence-electron chi connectivity index (χ4n) is 2.85. The molecule has 0 heterocycles. The summed E-state index contributed by atoms with van der Waals surface area (Å²) in [7, 11) is 0. The molecule has 34 heavy (non-hydrogen) atoms. The summed E-state index contributed by atoms with van der Waals surface area (Å²) in [5.74, 6) is 0. The van der Waals surface area contributed by atoms with Gasteiger partial charge in [0.1, 0.15) is 0 Å². The van der Waals surface area contributed by atoms with Gasteiger partial charge in [-0.3, -0.25) is 0 Å². The summed E-state index contributed by atoms with van der Waals surface area (Å²) in [5.41, 5.74) is 5.93. The SMILES string of the molecule is Br.Br.N#Cc1ccc(/C=C/c2ccccc2)cc1.N#Cc1ccc(/C=C/c2ccccc2)cc1. The average molecular weight is 572 g/mol. The van der Waals surface area contributed by atoms with E-state index < -0.39 is 0 Å².